The van der Waals surface area contributed by atoms with Crippen molar-refractivity contribution in [3.05, 3.63) is 0 Å². The highest BCUT2D eigenvalue weighted by Gasteiger charge is 2.60. The second-order valence-electron chi connectivity index (χ2n) is 23.9. The summed E-state index contributed by atoms with van der Waals surface area (Å²) in [5.41, 5.74) is 0. The molecule has 0 aromatic heterocycles. The standard InChI is InChI=1S/C52H88N2O39/c1-11-23(62)28(67)34(73)48(80-11)89-41-19(9-59)86-47(22(54-14(4)61)43(41)92-51-37(76)31(70)26(65)16(6-56)84-51)93-44-27(66)20(87-52(38(44)77)88-39-17(7-57)82-45(78)33(72)32(39)71)10-79-46-21(53-13(3)60)42(91-49-35(74)29(68)24(63)12(2)81-49)40(18(8-58)85-46)90-50-36(75)30(69)25(64)15(5-55)83-50/h11-12,15-52,55-59,62-78H,5-10H2,1-4H3,(H,53,60)(H,54,61)/t11-,12-,15+,16+,17+,18+,19+,20+,21+,22+,23+,24+,25-,26-,27-,28+,29+,30-,31-,32+,33+,34-,35-,36+,37+,38+,39+,40+,41+,42+,43+,44-,45?,46+,47-,48-,49-,50-,51-,52-/m0/s1. The monoisotopic (exact) mass is 1360 g/mol. The summed E-state index contributed by atoms with van der Waals surface area (Å²) in [4.78, 5) is 26.5. The molecule has 1 unspecified atom stereocenters. The Kier molecular flexibility index (Phi) is 26.7. The van der Waals surface area contributed by atoms with Gasteiger partial charge in [0, 0.05) is 13.8 Å². The normalized spacial score (nSPS) is 51.6. The van der Waals surface area contributed by atoms with Crippen LogP contribution in [0, 0.1) is 0 Å². The zero-order chi connectivity index (χ0) is 68.5. The van der Waals surface area contributed by atoms with Crippen molar-refractivity contribution in [3.8, 4) is 0 Å². The lowest BCUT2D eigenvalue weighted by Crippen LogP contribution is -2.71. The van der Waals surface area contributed by atoms with Crippen LogP contribution >= 0.6 is 0 Å². The van der Waals surface area contributed by atoms with Gasteiger partial charge in [-0.05, 0) is 13.8 Å². The molecule has 0 aromatic rings. The maximum Gasteiger partial charge on any atom is 0.217 e. The second-order valence-corrected chi connectivity index (χ2v) is 23.9. The third-order valence-electron chi connectivity index (χ3n) is 17.4. The van der Waals surface area contributed by atoms with Gasteiger partial charge in [0.1, 0.15) is 183 Å². The fourth-order valence-corrected chi connectivity index (χ4v) is 12.1. The van der Waals surface area contributed by atoms with E-state index in [4.69, 9.17) is 71.1 Å². The van der Waals surface area contributed by atoms with Gasteiger partial charge < -0.3 is 194 Å². The van der Waals surface area contributed by atoms with Crippen LogP contribution in [0.2, 0.25) is 0 Å². The summed E-state index contributed by atoms with van der Waals surface area (Å²) in [5, 5.41) is 244. The molecule has 2 amide bonds. The number of amides is 2. The van der Waals surface area contributed by atoms with Crippen molar-refractivity contribution < 1.29 is 193 Å². The minimum Gasteiger partial charge on any atom is -0.394 e. The molecule has 0 aliphatic carbocycles. The van der Waals surface area contributed by atoms with Gasteiger partial charge in [-0.2, -0.15) is 0 Å². The van der Waals surface area contributed by atoms with Crippen molar-refractivity contribution in [2.24, 2.45) is 0 Å². The maximum absolute atomic E-state index is 13.3. The maximum atomic E-state index is 13.3. The summed E-state index contributed by atoms with van der Waals surface area (Å²) in [6.45, 7) is -1.88. The van der Waals surface area contributed by atoms with E-state index in [2.05, 4.69) is 10.6 Å². The molecule has 0 radical (unpaired) electrons. The molecule has 93 heavy (non-hydrogen) atoms. The summed E-state index contributed by atoms with van der Waals surface area (Å²) in [6.07, 6.45) is -75.1. The van der Waals surface area contributed by atoms with Gasteiger partial charge in [-0.15, -0.1) is 0 Å². The number of rotatable bonds is 22. The molecule has 0 spiro atoms. The largest absolute Gasteiger partial charge is 0.394 e. The van der Waals surface area contributed by atoms with E-state index in [0.29, 0.717) is 0 Å². The number of carbonyl (C=O) groups excluding carboxylic acids is 2. The van der Waals surface area contributed by atoms with E-state index in [1.807, 2.05) is 0 Å². The van der Waals surface area contributed by atoms with Crippen LogP contribution in [0.5, 0.6) is 0 Å². The van der Waals surface area contributed by atoms with E-state index in [0.717, 1.165) is 13.8 Å². The number of hydrogen-bond acceptors (Lipinski definition) is 39. The van der Waals surface area contributed by atoms with Crippen molar-refractivity contribution >= 4 is 11.8 Å². The van der Waals surface area contributed by atoms with Crippen molar-refractivity contribution in [2.45, 2.75) is 273 Å². The van der Waals surface area contributed by atoms with Crippen LogP contribution in [0.1, 0.15) is 27.7 Å². The van der Waals surface area contributed by atoms with Gasteiger partial charge in [0.05, 0.1) is 51.8 Å². The Hall–Kier alpha value is -2.54. The summed E-state index contributed by atoms with van der Waals surface area (Å²) in [6, 6.07) is -3.82. The molecule has 40 atom stereocenters. The molecule has 0 aromatic carbocycles. The smallest absolute Gasteiger partial charge is 0.217 e. The van der Waals surface area contributed by atoms with Crippen molar-refractivity contribution in [1.29, 1.82) is 0 Å². The Morgan fingerprint density at radius 3 is 1.04 bits per heavy atom. The van der Waals surface area contributed by atoms with Gasteiger partial charge in [-0.25, -0.2) is 0 Å². The molecule has 41 heteroatoms. The second kappa shape index (κ2) is 32.6. The van der Waals surface area contributed by atoms with Gasteiger partial charge in [0.2, 0.25) is 11.8 Å². The lowest BCUT2D eigenvalue weighted by atomic mass is 9.93. The van der Waals surface area contributed by atoms with Crippen LogP contribution in [-0.4, -0.2) is 409 Å². The molecule has 0 bridgehead atoms. The topological polar surface area (TPSA) is 642 Å². The zero-order valence-electron chi connectivity index (χ0n) is 50.1. The quantitative estimate of drug-likeness (QED) is 0.0479. The van der Waals surface area contributed by atoms with E-state index >= 15 is 0 Å². The van der Waals surface area contributed by atoms with Crippen LogP contribution in [0.15, 0.2) is 0 Å². The van der Waals surface area contributed by atoms with Gasteiger partial charge in [0.25, 0.3) is 0 Å². The van der Waals surface area contributed by atoms with E-state index in [-0.39, 0.29) is 0 Å². The number of ether oxygens (including phenoxy) is 15. The lowest BCUT2D eigenvalue weighted by molar-refractivity contribution is -0.394. The van der Waals surface area contributed by atoms with E-state index in [9.17, 15) is 122 Å². The number of nitrogens with one attached hydrogen (secondary N) is 2. The van der Waals surface area contributed by atoms with Gasteiger partial charge in [0.15, 0.2) is 50.3 Å². The molecule has 540 valence electrons. The first kappa shape index (κ1) is 76.2. The Balaban J connectivity index is 1.17. The number of hydrogen-bond donors (Lipinski definition) is 24. The average Bonchev–Trinajstić information content (AvgIpc) is 0.773. The van der Waals surface area contributed by atoms with Crippen LogP contribution < -0.4 is 10.6 Å². The summed E-state index contributed by atoms with van der Waals surface area (Å²) in [5.74, 6) is -1.88. The summed E-state index contributed by atoms with van der Waals surface area (Å²) in [7, 11) is 0. The Labute approximate surface area is 527 Å². The Bertz CT molecular complexity index is 2350. The highest BCUT2D eigenvalue weighted by molar-refractivity contribution is 5.73. The highest BCUT2D eigenvalue weighted by atomic mass is 16.8. The van der Waals surface area contributed by atoms with Crippen molar-refractivity contribution in [1.82, 2.24) is 10.6 Å². The molecule has 8 rings (SSSR count). The van der Waals surface area contributed by atoms with E-state index in [1.54, 1.807) is 0 Å². The third kappa shape index (κ3) is 16.4. The van der Waals surface area contributed by atoms with E-state index in [1.165, 1.54) is 13.8 Å². The van der Waals surface area contributed by atoms with Crippen LogP contribution in [0.4, 0.5) is 0 Å². The number of carbonyl (C=O) groups is 2. The van der Waals surface area contributed by atoms with Crippen molar-refractivity contribution in [2.75, 3.05) is 39.6 Å². The minimum atomic E-state index is -2.42. The van der Waals surface area contributed by atoms with Crippen LogP contribution in [-0.2, 0) is 80.6 Å². The predicted octanol–water partition coefficient (Wildman–Crippen LogP) is -16.1. The lowest BCUT2D eigenvalue weighted by Gasteiger charge is -2.52. The molecule has 41 nitrogen and oxygen atoms in total. The van der Waals surface area contributed by atoms with Crippen molar-refractivity contribution in [3.63, 3.8) is 0 Å². The molecule has 8 heterocycles. The van der Waals surface area contributed by atoms with Crippen LogP contribution in [0.25, 0.3) is 0 Å². The summed E-state index contributed by atoms with van der Waals surface area (Å²) < 4.78 is 89.1. The number of aliphatic hydroxyl groups excluding tert-OH is 22. The van der Waals surface area contributed by atoms with Gasteiger partial charge >= 0.3 is 0 Å². The molecule has 8 aliphatic rings. The molecule has 0 saturated carbocycles. The van der Waals surface area contributed by atoms with Gasteiger partial charge in [-0.1, -0.05) is 0 Å². The molecule has 8 fully saturated rings. The Morgan fingerprint density at radius 1 is 0.301 bits per heavy atom. The first-order valence-electron chi connectivity index (χ1n) is 29.9. The van der Waals surface area contributed by atoms with E-state index < -0.39 is 297 Å². The first-order valence-corrected chi connectivity index (χ1v) is 29.9. The zero-order valence-corrected chi connectivity index (χ0v) is 50.1. The highest BCUT2D eigenvalue weighted by Crippen LogP contribution is 2.39. The molecule has 8 aliphatic heterocycles. The van der Waals surface area contributed by atoms with Gasteiger partial charge in [-0.3, -0.25) is 9.59 Å². The Morgan fingerprint density at radius 2 is 0.624 bits per heavy atom. The molecule has 8 saturated heterocycles. The van der Waals surface area contributed by atoms with Crippen LogP contribution in [0.3, 0.4) is 0 Å². The molecule has 24 N–H and O–H groups in total. The third-order valence-corrected chi connectivity index (χ3v) is 17.4. The SMILES string of the molecule is CC(=O)N[C@H]1[C@H](O[C@H]2[C@@H](O)[C@@H](CO[C@@H]3O[C@H](CO)[C@@H](O[C@@H]4O[C@H](CO)[C@H](O)[C@H](O)[C@H]4O)[C@H](O[C@@H]4O[C@@H](C)[C@@H](O)[C@@H](O)[C@@H]4O)[C@H]3NC(C)=O)O[C@@H](O[C@H]3[C@H](O)[C@@H](O)C(O)O[C@@H]3CO)[C@@H]2O)O[C@H](CO)[C@@H](O[C@@H]2O[C@@H](C)[C@@H](O)[C@@H](O)[C@@H]2O)[C@@H]1O[C@@H]1O[C@H](CO)[C@H](O)[C@H](O)[C@H]1O. The fraction of sp³-hybridized carbons (Fsp3) is 0.962. The minimum absolute atomic E-state index is 0.913. The first-order chi connectivity index (χ1) is 43.9. The summed E-state index contributed by atoms with van der Waals surface area (Å²) >= 11 is 0. The molecular formula is C52H88N2O39. The average molecular weight is 1370 g/mol. The fourth-order valence-electron chi connectivity index (χ4n) is 12.1. The molecular weight excluding hydrogens is 1280 g/mol. The number of aliphatic hydroxyl groups is 22. The predicted molar refractivity (Wildman–Crippen MR) is 285 cm³/mol.